The third kappa shape index (κ3) is 5.78. The van der Waals surface area contributed by atoms with Crippen molar-refractivity contribution in [1.29, 1.82) is 0 Å². The number of para-hydroxylation sites is 2. The van der Waals surface area contributed by atoms with Crippen molar-refractivity contribution in [3.8, 4) is 0 Å². The molecule has 1 aliphatic heterocycles. The minimum atomic E-state index is -0.464. The van der Waals surface area contributed by atoms with Gasteiger partial charge in [0.1, 0.15) is 0 Å². The maximum atomic E-state index is 12.8. The maximum absolute atomic E-state index is 12.8. The molecule has 0 radical (unpaired) electrons. The van der Waals surface area contributed by atoms with Crippen LogP contribution in [0.3, 0.4) is 0 Å². The van der Waals surface area contributed by atoms with Crippen molar-refractivity contribution in [1.82, 2.24) is 5.32 Å². The average molecular weight is 485 g/mol. The Hall–Kier alpha value is -4.46. The molecule has 184 valence electrons. The van der Waals surface area contributed by atoms with Gasteiger partial charge in [0, 0.05) is 35.9 Å². The van der Waals surface area contributed by atoms with Crippen LogP contribution in [0, 0.1) is 5.92 Å². The summed E-state index contributed by atoms with van der Waals surface area (Å²) in [5, 5.41) is 8.43. The second kappa shape index (κ2) is 10.9. The predicted molar refractivity (Wildman–Crippen MR) is 139 cm³/mol. The van der Waals surface area contributed by atoms with Crippen molar-refractivity contribution < 1.29 is 19.2 Å². The lowest BCUT2D eigenvalue weighted by molar-refractivity contribution is -0.122. The summed E-state index contributed by atoms with van der Waals surface area (Å²) in [6.07, 6.45) is 0.144. The Balaban J connectivity index is 1.37. The Labute approximate surface area is 209 Å². The molecule has 0 aromatic heterocycles. The van der Waals surface area contributed by atoms with Crippen molar-refractivity contribution in [2.75, 3.05) is 22.1 Å². The molecule has 0 aliphatic carbocycles. The van der Waals surface area contributed by atoms with E-state index in [2.05, 4.69) is 16.0 Å². The average Bonchev–Trinajstić information content (AvgIpc) is 3.26. The molecule has 4 rings (SSSR count). The first-order valence-electron chi connectivity index (χ1n) is 11.8. The molecule has 8 nitrogen and oxygen atoms in total. The zero-order valence-electron chi connectivity index (χ0n) is 20.2. The molecule has 4 amide bonds. The summed E-state index contributed by atoms with van der Waals surface area (Å²) < 4.78 is 0. The lowest BCUT2D eigenvalue weighted by Crippen LogP contribution is -2.31. The van der Waals surface area contributed by atoms with Crippen LogP contribution in [-0.4, -0.2) is 36.2 Å². The largest absolute Gasteiger partial charge is 0.350 e. The van der Waals surface area contributed by atoms with E-state index in [1.807, 2.05) is 44.2 Å². The molecule has 1 saturated heterocycles. The number of anilines is 3. The fourth-order valence-corrected chi connectivity index (χ4v) is 4.01. The fourth-order valence-electron chi connectivity index (χ4n) is 4.01. The van der Waals surface area contributed by atoms with E-state index in [0.29, 0.717) is 29.0 Å². The highest BCUT2D eigenvalue weighted by Crippen LogP contribution is 2.26. The van der Waals surface area contributed by atoms with Crippen LogP contribution in [0.15, 0.2) is 78.9 Å². The van der Waals surface area contributed by atoms with Crippen molar-refractivity contribution in [2.24, 2.45) is 5.92 Å². The predicted octanol–water partition coefficient (Wildman–Crippen LogP) is 4.07. The lowest BCUT2D eigenvalue weighted by Gasteiger charge is -2.16. The third-order valence-electron chi connectivity index (χ3n) is 5.82. The molecule has 3 N–H and O–H groups in total. The number of benzene rings is 3. The molecule has 1 heterocycles. The monoisotopic (exact) mass is 484 g/mol. The number of amides is 4. The highest BCUT2D eigenvalue weighted by molar-refractivity contribution is 6.09. The van der Waals surface area contributed by atoms with Crippen molar-refractivity contribution >= 4 is 40.7 Å². The summed E-state index contributed by atoms with van der Waals surface area (Å²) in [6.45, 7) is 4.05. The van der Waals surface area contributed by atoms with Gasteiger partial charge in [-0.15, -0.1) is 0 Å². The molecule has 1 fully saturated rings. The van der Waals surface area contributed by atoms with E-state index in [-0.39, 0.29) is 36.1 Å². The molecule has 1 atom stereocenters. The van der Waals surface area contributed by atoms with Gasteiger partial charge in [-0.2, -0.15) is 0 Å². The minimum absolute atomic E-state index is 0.0345. The van der Waals surface area contributed by atoms with Gasteiger partial charge in [0.15, 0.2) is 0 Å². The summed E-state index contributed by atoms with van der Waals surface area (Å²) in [7, 11) is 0. The Bertz CT molecular complexity index is 1270. The molecule has 0 bridgehead atoms. The highest BCUT2D eigenvalue weighted by atomic mass is 16.2. The summed E-state index contributed by atoms with van der Waals surface area (Å²) >= 11 is 0. The summed E-state index contributed by atoms with van der Waals surface area (Å²) in [5.74, 6) is -1.44. The van der Waals surface area contributed by atoms with Gasteiger partial charge in [-0.3, -0.25) is 19.2 Å². The molecule has 1 unspecified atom stereocenters. The Morgan fingerprint density at radius 3 is 2.19 bits per heavy atom. The number of carbonyl (C=O) groups is 4. The Morgan fingerprint density at radius 2 is 1.50 bits per heavy atom. The molecular formula is C28H28N4O4. The number of nitrogens with zero attached hydrogens (tertiary/aromatic N) is 1. The second-order valence-electron chi connectivity index (χ2n) is 8.94. The number of hydrogen-bond donors (Lipinski definition) is 3. The lowest BCUT2D eigenvalue weighted by atomic mass is 10.1. The van der Waals surface area contributed by atoms with Crippen molar-refractivity contribution in [2.45, 2.75) is 26.3 Å². The highest BCUT2D eigenvalue weighted by Gasteiger charge is 2.35. The van der Waals surface area contributed by atoms with E-state index in [1.165, 1.54) is 0 Å². The van der Waals surface area contributed by atoms with Crippen LogP contribution < -0.4 is 20.9 Å². The molecule has 0 spiro atoms. The van der Waals surface area contributed by atoms with Crippen LogP contribution in [0.4, 0.5) is 17.1 Å². The van der Waals surface area contributed by atoms with Gasteiger partial charge < -0.3 is 20.9 Å². The summed E-state index contributed by atoms with van der Waals surface area (Å²) in [4.78, 5) is 52.0. The zero-order chi connectivity index (χ0) is 25.7. The van der Waals surface area contributed by atoms with E-state index >= 15 is 0 Å². The molecule has 3 aromatic carbocycles. The number of carbonyl (C=O) groups excluding carboxylic acids is 4. The molecular weight excluding hydrogens is 456 g/mol. The molecule has 0 saturated carbocycles. The zero-order valence-corrected chi connectivity index (χ0v) is 20.2. The van der Waals surface area contributed by atoms with Gasteiger partial charge in [-0.05, 0) is 62.4 Å². The van der Waals surface area contributed by atoms with E-state index in [9.17, 15) is 19.2 Å². The van der Waals surface area contributed by atoms with E-state index in [0.717, 1.165) is 5.69 Å². The van der Waals surface area contributed by atoms with Crippen LogP contribution in [0.1, 0.15) is 41.0 Å². The Morgan fingerprint density at radius 1 is 0.833 bits per heavy atom. The van der Waals surface area contributed by atoms with Gasteiger partial charge in [-0.1, -0.05) is 30.3 Å². The van der Waals surface area contributed by atoms with Crippen LogP contribution in [-0.2, 0) is 9.59 Å². The van der Waals surface area contributed by atoms with Crippen LogP contribution in [0.25, 0.3) is 0 Å². The number of hydrogen-bond acceptors (Lipinski definition) is 4. The second-order valence-corrected chi connectivity index (χ2v) is 8.94. The molecule has 1 aliphatic rings. The van der Waals surface area contributed by atoms with Crippen LogP contribution >= 0.6 is 0 Å². The van der Waals surface area contributed by atoms with Gasteiger partial charge >= 0.3 is 0 Å². The van der Waals surface area contributed by atoms with Crippen LogP contribution in [0.5, 0.6) is 0 Å². The van der Waals surface area contributed by atoms with Gasteiger partial charge in [0.25, 0.3) is 11.8 Å². The normalized spacial score (nSPS) is 15.0. The van der Waals surface area contributed by atoms with E-state index < -0.39 is 5.92 Å². The van der Waals surface area contributed by atoms with Crippen molar-refractivity contribution in [3.05, 3.63) is 90.0 Å². The first-order chi connectivity index (χ1) is 17.3. The molecule has 3 aromatic rings. The standard InChI is InChI=1S/C28H28N4O4/c1-18(2)29-28(36)23-10-6-7-11-24(23)31-26(34)19-12-14-21(15-13-19)30-27(35)20-16-25(33)32(17-20)22-8-4-3-5-9-22/h3-15,18,20H,16-17H2,1-2H3,(H,29,36)(H,30,35)(H,31,34). The van der Waals surface area contributed by atoms with E-state index in [1.54, 1.807) is 53.4 Å². The van der Waals surface area contributed by atoms with Gasteiger partial charge in [-0.25, -0.2) is 0 Å². The van der Waals surface area contributed by atoms with Crippen molar-refractivity contribution in [3.63, 3.8) is 0 Å². The van der Waals surface area contributed by atoms with E-state index in [4.69, 9.17) is 0 Å². The first-order valence-corrected chi connectivity index (χ1v) is 11.8. The summed E-state index contributed by atoms with van der Waals surface area (Å²) in [6, 6.07) is 22.5. The third-order valence-corrected chi connectivity index (χ3v) is 5.82. The molecule has 8 heteroatoms. The fraction of sp³-hybridized carbons (Fsp3) is 0.214. The summed E-state index contributed by atoms with van der Waals surface area (Å²) in [5.41, 5.74) is 2.46. The minimum Gasteiger partial charge on any atom is -0.350 e. The topological polar surface area (TPSA) is 108 Å². The van der Waals surface area contributed by atoms with Crippen LogP contribution in [0.2, 0.25) is 0 Å². The Kier molecular flexibility index (Phi) is 7.44. The molecule has 36 heavy (non-hydrogen) atoms. The smallest absolute Gasteiger partial charge is 0.255 e. The SMILES string of the molecule is CC(C)NC(=O)c1ccccc1NC(=O)c1ccc(NC(=O)C2CC(=O)N(c3ccccc3)C2)cc1. The van der Waals surface area contributed by atoms with Gasteiger partial charge in [0.2, 0.25) is 11.8 Å². The first kappa shape index (κ1) is 24.7. The van der Waals surface area contributed by atoms with Gasteiger partial charge in [0.05, 0.1) is 17.2 Å². The maximum Gasteiger partial charge on any atom is 0.255 e. The number of rotatable bonds is 7. The quantitative estimate of drug-likeness (QED) is 0.470. The number of nitrogens with one attached hydrogen (secondary N) is 3.